The van der Waals surface area contributed by atoms with Gasteiger partial charge in [0, 0.05) is 24.7 Å². The fourth-order valence-corrected chi connectivity index (χ4v) is 1.89. The van der Waals surface area contributed by atoms with E-state index in [-0.39, 0.29) is 5.76 Å². The van der Waals surface area contributed by atoms with E-state index in [0.717, 1.165) is 0 Å². The second-order valence-electron chi connectivity index (χ2n) is 3.68. The lowest BCUT2D eigenvalue weighted by molar-refractivity contribution is 0.509. The molecule has 1 unspecified atom stereocenters. The van der Waals surface area contributed by atoms with Gasteiger partial charge in [0.25, 0.3) is 0 Å². The zero-order chi connectivity index (χ0) is 12.3. The summed E-state index contributed by atoms with van der Waals surface area (Å²) in [5.41, 5.74) is 0.598. The third-order valence-electron chi connectivity index (χ3n) is 2.20. The predicted molar refractivity (Wildman–Crippen MR) is 69.7 cm³/mol. The fraction of sp³-hybridized carbons (Fsp3) is 0.273. The molecule has 0 bridgehead atoms. The fourth-order valence-electron chi connectivity index (χ4n) is 1.00. The summed E-state index contributed by atoms with van der Waals surface area (Å²) in [5, 5.41) is 11.8. The van der Waals surface area contributed by atoms with Crippen LogP contribution in [0.5, 0.6) is 0 Å². The minimum absolute atomic E-state index is 0.00198. The molecule has 0 saturated carbocycles. The third-order valence-corrected chi connectivity index (χ3v) is 4.56. The van der Waals surface area contributed by atoms with Gasteiger partial charge < -0.3 is 5.11 Å². The maximum absolute atomic E-state index is 12.0. The molecule has 0 aliphatic heterocycles. The Hall–Kier alpha value is -0.840. The summed E-state index contributed by atoms with van der Waals surface area (Å²) in [5.74, 6) is -0.00198. The Morgan fingerprint density at radius 3 is 2.31 bits per heavy atom. The topological polar surface area (TPSA) is 40.5 Å². The van der Waals surface area contributed by atoms with Crippen LogP contribution in [0.15, 0.2) is 29.7 Å². The summed E-state index contributed by atoms with van der Waals surface area (Å²) < 4.78 is 13.6. The number of hydrogen-bond acceptors (Lipinski definition) is 2. The summed E-state index contributed by atoms with van der Waals surface area (Å²) in [4.78, 5) is 0. The molecule has 0 aliphatic rings. The molecular weight excluding hydrogens is 246 g/mol. The smallest absolute Gasteiger partial charge is 0.184 e. The Balaban J connectivity index is 3.02. The summed E-state index contributed by atoms with van der Waals surface area (Å²) >= 11 is 5.73. The largest absolute Gasteiger partial charge is 0.503 e. The molecule has 1 atom stereocenters. The van der Waals surface area contributed by atoms with E-state index in [9.17, 15) is 9.32 Å². The molecule has 0 aromatic heterocycles. The lowest BCUT2D eigenvalue weighted by Crippen LogP contribution is -2.25. The van der Waals surface area contributed by atoms with E-state index >= 15 is 0 Å². The van der Waals surface area contributed by atoms with Crippen molar-refractivity contribution in [3.63, 3.8) is 0 Å². The van der Waals surface area contributed by atoms with Crippen molar-refractivity contribution in [2.45, 2.75) is 0 Å². The van der Waals surface area contributed by atoms with Gasteiger partial charge in [0.15, 0.2) is 21.3 Å². The van der Waals surface area contributed by atoms with Crippen molar-refractivity contribution in [1.82, 2.24) is 4.31 Å². The van der Waals surface area contributed by atoms with E-state index in [1.165, 1.54) is 5.41 Å². The molecule has 0 heterocycles. The molecule has 1 aromatic rings. The molecule has 0 radical (unpaired) electrons. The number of aliphatic hydroxyl groups excluding tert-OH is 1. The van der Waals surface area contributed by atoms with Gasteiger partial charge in [0.1, 0.15) is 6.26 Å². The molecule has 1 rings (SSSR count). The van der Waals surface area contributed by atoms with Crippen molar-refractivity contribution < 1.29 is 9.32 Å². The minimum Gasteiger partial charge on any atom is -0.503 e. The highest BCUT2D eigenvalue weighted by atomic mass is 35.5. The van der Waals surface area contributed by atoms with Crippen molar-refractivity contribution in [2.24, 2.45) is 0 Å². The van der Waals surface area contributed by atoms with Crippen LogP contribution in [0.2, 0.25) is 5.02 Å². The first-order valence-electron chi connectivity index (χ1n) is 4.66. The molecule has 0 amide bonds. The molecule has 3 nitrogen and oxygen atoms in total. The quantitative estimate of drug-likeness (QED) is 0.671. The zero-order valence-electron chi connectivity index (χ0n) is 9.48. The molecule has 88 valence electrons. The summed E-state index contributed by atoms with van der Waals surface area (Å²) in [6, 6.07) is 6.71. The Morgan fingerprint density at radius 1 is 1.38 bits per heavy atom. The lowest BCUT2D eigenvalue weighted by atomic mass is 10.2. The molecule has 5 heteroatoms. The van der Waals surface area contributed by atoms with Crippen LogP contribution in [-0.2, 0) is 14.3 Å². The van der Waals surface area contributed by atoms with Crippen molar-refractivity contribution >= 4 is 27.5 Å². The Bertz CT molecular complexity index is 440. The highest BCUT2D eigenvalue weighted by Gasteiger charge is 2.23. The summed E-state index contributed by atoms with van der Waals surface area (Å²) in [7, 11) is 1.09. The normalized spacial score (nSPS) is 16.2. The van der Waals surface area contributed by atoms with Gasteiger partial charge in [0.2, 0.25) is 0 Å². The predicted octanol–water partition coefficient (Wildman–Crippen LogP) is 2.80. The highest BCUT2D eigenvalue weighted by Crippen LogP contribution is 2.18. The maximum Gasteiger partial charge on any atom is 0.184 e. The number of hydrogen-bond donors (Lipinski definition) is 1. The second kappa shape index (κ2) is 4.99. The molecule has 1 aromatic carbocycles. The molecule has 0 spiro atoms. The van der Waals surface area contributed by atoms with Gasteiger partial charge in [-0.25, -0.2) is 0 Å². The van der Waals surface area contributed by atoms with Crippen molar-refractivity contribution in [3.8, 4) is 0 Å². The number of aliphatic hydroxyl groups is 1. The molecule has 1 N–H and O–H groups in total. The van der Waals surface area contributed by atoms with Crippen LogP contribution in [-0.4, -0.2) is 29.8 Å². The van der Waals surface area contributed by atoms with Gasteiger partial charge in [-0.2, -0.15) is 0 Å². The first-order valence-corrected chi connectivity index (χ1v) is 7.02. The Morgan fingerprint density at radius 2 is 1.88 bits per heavy atom. The molecular formula is C11H15ClNO2S+. The first-order chi connectivity index (χ1) is 7.33. The van der Waals surface area contributed by atoms with Gasteiger partial charge in [-0.15, -0.1) is 4.31 Å². The zero-order valence-corrected chi connectivity index (χ0v) is 11.0. The van der Waals surface area contributed by atoms with Crippen molar-refractivity contribution in [3.05, 3.63) is 40.3 Å². The average molecular weight is 261 g/mol. The molecule has 0 fully saturated rings. The van der Waals surface area contributed by atoms with Gasteiger partial charge in [0.05, 0.1) is 0 Å². The monoisotopic (exact) mass is 260 g/mol. The van der Waals surface area contributed by atoms with E-state index in [4.69, 9.17) is 11.6 Å². The van der Waals surface area contributed by atoms with Crippen LogP contribution in [0.3, 0.4) is 0 Å². The number of halogens is 1. The summed E-state index contributed by atoms with van der Waals surface area (Å²) in [6.07, 6.45) is 1.57. The highest BCUT2D eigenvalue weighted by molar-refractivity contribution is 8.03. The second-order valence-corrected chi connectivity index (χ2v) is 6.81. The Labute approximate surface area is 102 Å². The van der Waals surface area contributed by atoms with Gasteiger partial charge in [-0.3, -0.25) is 0 Å². The SMILES string of the molecule is CN(C)[S+](C)(=O)/C=C(/O)c1ccc(Cl)cc1. The van der Waals surface area contributed by atoms with E-state index in [1.807, 2.05) is 0 Å². The van der Waals surface area contributed by atoms with Crippen molar-refractivity contribution in [1.29, 1.82) is 0 Å². The van der Waals surface area contributed by atoms with E-state index in [0.29, 0.717) is 10.6 Å². The van der Waals surface area contributed by atoms with E-state index in [2.05, 4.69) is 0 Å². The van der Waals surface area contributed by atoms with Crippen LogP contribution in [0.4, 0.5) is 0 Å². The van der Waals surface area contributed by atoms with Gasteiger partial charge in [-0.05, 0) is 24.3 Å². The first kappa shape index (κ1) is 13.2. The standard InChI is InChI=1S/C11H14ClNO2S/c1-13(2)16(3,15)8-11(14)9-4-6-10(12)7-5-9/h4-8H,1-3H3/p+1. The van der Waals surface area contributed by atoms with Crippen LogP contribution >= 0.6 is 11.6 Å². The van der Waals surface area contributed by atoms with E-state index in [1.54, 1.807) is 48.9 Å². The van der Waals surface area contributed by atoms with Crippen molar-refractivity contribution in [2.75, 3.05) is 20.4 Å². The van der Waals surface area contributed by atoms with Gasteiger partial charge >= 0.3 is 0 Å². The lowest BCUT2D eigenvalue weighted by Gasteiger charge is -2.09. The average Bonchev–Trinajstić information content (AvgIpc) is 2.17. The van der Waals surface area contributed by atoms with E-state index < -0.39 is 10.1 Å². The number of nitrogens with zero attached hydrogens (tertiary/aromatic N) is 1. The number of benzene rings is 1. The molecule has 0 saturated heterocycles. The minimum atomic E-state index is -2.32. The van der Waals surface area contributed by atoms with Crippen LogP contribution in [0, 0.1) is 0 Å². The number of rotatable bonds is 3. The summed E-state index contributed by atoms with van der Waals surface area (Å²) in [6.45, 7) is 0. The molecule has 0 aliphatic carbocycles. The van der Waals surface area contributed by atoms with Crippen LogP contribution < -0.4 is 0 Å². The van der Waals surface area contributed by atoms with Crippen LogP contribution in [0.1, 0.15) is 5.56 Å². The third kappa shape index (κ3) is 3.33. The maximum atomic E-state index is 12.0. The molecule has 16 heavy (non-hydrogen) atoms. The van der Waals surface area contributed by atoms with Gasteiger partial charge in [-0.1, -0.05) is 15.8 Å². The Kier molecular flexibility index (Phi) is 4.13. The van der Waals surface area contributed by atoms with Crippen LogP contribution in [0.25, 0.3) is 5.76 Å².